The number of Topliss-reactive ketones (excluding diaryl/α,β-unsaturated/α-hetero) is 2. The maximum atomic E-state index is 12.8. The molecule has 0 aromatic heterocycles. The molecule has 0 saturated heterocycles. The first kappa shape index (κ1) is 12.6. The average molecular weight is 222 g/mol. The second-order valence-electron chi connectivity index (χ2n) is 3.75. The van der Waals surface area contributed by atoms with Crippen LogP contribution in [0, 0.1) is 5.82 Å². The van der Waals surface area contributed by atoms with Gasteiger partial charge in [-0.2, -0.15) is 0 Å². The summed E-state index contributed by atoms with van der Waals surface area (Å²) in [7, 11) is 0. The molecule has 0 unspecified atom stereocenters. The molecule has 0 aliphatic carbocycles. The van der Waals surface area contributed by atoms with Gasteiger partial charge < -0.3 is 0 Å². The third-order valence-corrected chi connectivity index (χ3v) is 2.31. The minimum Gasteiger partial charge on any atom is -0.299 e. The fourth-order valence-electron chi connectivity index (χ4n) is 1.41. The second-order valence-corrected chi connectivity index (χ2v) is 3.75. The summed E-state index contributed by atoms with van der Waals surface area (Å²) in [6.45, 7) is 1.99. The lowest BCUT2D eigenvalue weighted by atomic mass is 10.0. The highest BCUT2D eigenvalue weighted by Gasteiger charge is 2.11. The molecule has 0 amide bonds. The summed E-state index contributed by atoms with van der Waals surface area (Å²) in [6.07, 6.45) is 2.04. The minimum absolute atomic E-state index is 0.0730. The number of rotatable bonds is 6. The van der Waals surface area contributed by atoms with Crippen LogP contribution in [0.25, 0.3) is 0 Å². The van der Waals surface area contributed by atoms with Crippen LogP contribution in [0.3, 0.4) is 0 Å². The lowest BCUT2D eigenvalue weighted by Gasteiger charge is -2.00. The van der Waals surface area contributed by atoms with E-state index in [1.54, 1.807) is 0 Å². The Labute approximate surface area is 94.5 Å². The standard InChI is InChI=1S/C13H15FO2/c1-2-3-7-12(15)9-13(16)10-5-4-6-11(14)8-10/h4-6,8H,2-3,7,9H2,1H3. The summed E-state index contributed by atoms with van der Waals surface area (Å²) < 4.78 is 12.8. The van der Waals surface area contributed by atoms with E-state index in [1.807, 2.05) is 6.92 Å². The van der Waals surface area contributed by atoms with Crippen molar-refractivity contribution >= 4 is 11.6 Å². The zero-order valence-corrected chi connectivity index (χ0v) is 9.33. The van der Waals surface area contributed by atoms with Gasteiger partial charge in [-0.1, -0.05) is 25.5 Å². The van der Waals surface area contributed by atoms with Crippen LogP contribution in [-0.2, 0) is 4.79 Å². The molecule has 0 N–H and O–H groups in total. The van der Waals surface area contributed by atoms with E-state index in [0.717, 1.165) is 18.9 Å². The lowest BCUT2D eigenvalue weighted by Crippen LogP contribution is -2.08. The molecule has 0 atom stereocenters. The van der Waals surface area contributed by atoms with Crippen LogP contribution in [0.15, 0.2) is 24.3 Å². The van der Waals surface area contributed by atoms with Crippen molar-refractivity contribution in [1.29, 1.82) is 0 Å². The maximum absolute atomic E-state index is 12.8. The topological polar surface area (TPSA) is 34.1 Å². The molecule has 2 nitrogen and oxygen atoms in total. The Morgan fingerprint density at radius 1 is 1.31 bits per heavy atom. The molecule has 0 bridgehead atoms. The molecular formula is C13H15FO2. The van der Waals surface area contributed by atoms with Crippen molar-refractivity contribution in [2.24, 2.45) is 0 Å². The Hall–Kier alpha value is -1.51. The number of hydrogen-bond donors (Lipinski definition) is 0. The van der Waals surface area contributed by atoms with Crippen LogP contribution in [-0.4, -0.2) is 11.6 Å². The van der Waals surface area contributed by atoms with Gasteiger partial charge >= 0.3 is 0 Å². The normalized spacial score (nSPS) is 10.1. The monoisotopic (exact) mass is 222 g/mol. The van der Waals surface area contributed by atoms with Gasteiger partial charge in [-0.3, -0.25) is 9.59 Å². The molecule has 16 heavy (non-hydrogen) atoms. The summed E-state index contributed by atoms with van der Waals surface area (Å²) in [5.41, 5.74) is 0.268. The molecule has 0 aliphatic rings. The van der Waals surface area contributed by atoms with E-state index in [0.29, 0.717) is 6.42 Å². The molecule has 0 saturated carbocycles. The number of unbranched alkanes of at least 4 members (excludes halogenated alkanes) is 1. The van der Waals surface area contributed by atoms with E-state index in [-0.39, 0.29) is 23.6 Å². The Morgan fingerprint density at radius 3 is 2.69 bits per heavy atom. The molecule has 0 spiro atoms. The van der Waals surface area contributed by atoms with Crippen LogP contribution >= 0.6 is 0 Å². The van der Waals surface area contributed by atoms with Gasteiger partial charge in [-0.15, -0.1) is 0 Å². The molecule has 1 aromatic rings. The highest BCUT2D eigenvalue weighted by atomic mass is 19.1. The van der Waals surface area contributed by atoms with Crippen molar-refractivity contribution in [1.82, 2.24) is 0 Å². The fraction of sp³-hybridized carbons (Fsp3) is 0.385. The summed E-state index contributed by atoms with van der Waals surface area (Å²) >= 11 is 0. The molecular weight excluding hydrogens is 207 g/mol. The first-order valence-corrected chi connectivity index (χ1v) is 5.44. The Morgan fingerprint density at radius 2 is 2.06 bits per heavy atom. The second kappa shape index (κ2) is 6.16. The SMILES string of the molecule is CCCCC(=O)CC(=O)c1cccc(F)c1. The van der Waals surface area contributed by atoms with Crippen molar-refractivity contribution in [2.45, 2.75) is 32.6 Å². The number of hydrogen-bond acceptors (Lipinski definition) is 2. The molecule has 1 rings (SSSR count). The summed E-state index contributed by atoms with van der Waals surface area (Å²) in [5.74, 6) is -0.830. The number of halogens is 1. The Bertz CT molecular complexity index is 385. The van der Waals surface area contributed by atoms with E-state index >= 15 is 0 Å². The van der Waals surface area contributed by atoms with Gasteiger partial charge in [0.1, 0.15) is 11.6 Å². The van der Waals surface area contributed by atoms with Gasteiger partial charge in [-0.05, 0) is 18.6 Å². The Kier molecular flexibility index (Phi) is 4.83. The van der Waals surface area contributed by atoms with Gasteiger partial charge in [0.2, 0.25) is 0 Å². The molecule has 86 valence electrons. The van der Waals surface area contributed by atoms with Crippen LogP contribution in [0.5, 0.6) is 0 Å². The van der Waals surface area contributed by atoms with Gasteiger partial charge in [-0.25, -0.2) is 4.39 Å². The predicted molar refractivity (Wildman–Crippen MR) is 59.9 cm³/mol. The fourth-order valence-corrected chi connectivity index (χ4v) is 1.41. The van der Waals surface area contributed by atoms with E-state index in [1.165, 1.54) is 18.2 Å². The first-order valence-electron chi connectivity index (χ1n) is 5.44. The van der Waals surface area contributed by atoms with E-state index in [9.17, 15) is 14.0 Å². The van der Waals surface area contributed by atoms with E-state index in [4.69, 9.17) is 0 Å². The van der Waals surface area contributed by atoms with Crippen LogP contribution in [0.2, 0.25) is 0 Å². The van der Waals surface area contributed by atoms with Crippen LogP contribution in [0.1, 0.15) is 43.0 Å². The maximum Gasteiger partial charge on any atom is 0.170 e. The van der Waals surface area contributed by atoms with E-state index < -0.39 is 5.82 Å². The molecule has 0 aliphatic heterocycles. The quantitative estimate of drug-likeness (QED) is 0.547. The largest absolute Gasteiger partial charge is 0.299 e. The van der Waals surface area contributed by atoms with Gasteiger partial charge in [0.05, 0.1) is 6.42 Å². The predicted octanol–water partition coefficient (Wildman–Crippen LogP) is 3.16. The minimum atomic E-state index is -0.452. The zero-order chi connectivity index (χ0) is 12.0. The van der Waals surface area contributed by atoms with Crippen molar-refractivity contribution in [3.63, 3.8) is 0 Å². The Balaban J connectivity index is 2.55. The van der Waals surface area contributed by atoms with Crippen molar-refractivity contribution in [3.8, 4) is 0 Å². The van der Waals surface area contributed by atoms with Crippen molar-refractivity contribution < 1.29 is 14.0 Å². The molecule has 1 aromatic carbocycles. The van der Waals surface area contributed by atoms with Gasteiger partial charge in [0, 0.05) is 12.0 Å². The molecule has 0 radical (unpaired) electrons. The highest BCUT2D eigenvalue weighted by Crippen LogP contribution is 2.08. The van der Waals surface area contributed by atoms with E-state index in [2.05, 4.69) is 0 Å². The summed E-state index contributed by atoms with van der Waals surface area (Å²) in [5, 5.41) is 0. The summed E-state index contributed by atoms with van der Waals surface area (Å²) in [4.78, 5) is 22.9. The molecule has 0 fully saturated rings. The molecule has 0 heterocycles. The summed E-state index contributed by atoms with van der Waals surface area (Å²) in [6, 6.07) is 5.43. The number of carbonyl (C=O) groups excluding carboxylic acids is 2. The first-order chi connectivity index (χ1) is 7.63. The van der Waals surface area contributed by atoms with Crippen molar-refractivity contribution in [3.05, 3.63) is 35.6 Å². The highest BCUT2D eigenvalue weighted by molar-refractivity contribution is 6.07. The van der Waals surface area contributed by atoms with Crippen molar-refractivity contribution in [2.75, 3.05) is 0 Å². The van der Waals surface area contributed by atoms with Crippen LogP contribution in [0.4, 0.5) is 4.39 Å². The zero-order valence-electron chi connectivity index (χ0n) is 9.33. The lowest BCUT2D eigenvalue weighted by molar-refractivity contribution is -0.118. The number of carbonyl (C=O) groups is 2. The smallest absolute Gasteiger partial charge is 0.170 e. The third-order valence-electron chi connectivity index (χ3n) is 2.31. The van der Waals surface area contributed by atoms with Gasteiger partial charge in [0.25, 0.3) is 0 Å². The van der Waals surface area contributed by atoms with Gasteiger partial charge in [0.15, 0.2) is 5.78 Å². The average Bonchev–Trinajstić information content (AvgIpc) is 2.26. The molecule has 3 heteroatoms. The third kappa shape index (κ3) is 3.93. The number of ketones is 2. The number of benzene rings is 1. The van der Waals surface area contributed by atoms with Crippen LogP contribution < -0.4 is 0 Å².